The number of nitro benzene ring substituents is 1. The highest BCUT2D eigenvalue weighted by Gasteiger charge is 2.13. The SMILES string of the molecule is COc1cc(CNc2cc(C)ccc2C)cc(Cl)c1OCc1ccc([N+](=O)[O-])cc1. The second-order valence-corrected chi connectivity index (χ2v) is 7.40. The second kappa shape index (κ2) is 9.50. The Balaban J connectivity index is 1.71. The first-order valence-corrected chi connectivity index (χ1v) is 9.79. The smallest absolute Gasteiger partial charge is 0.269 e. The lowest BCUT2D eigenvalue weighted by atomic mass is 10.1. The Morgan fingerprint density at radius 2 is 1.77 bits per heavy atom. The van der Waals surface area contributed by atoms with Crippen LogP contribution in [0.3, 0.4) is 0 Å². The van der Waals surface area contributed by atoms with Crippen molar-refractivity contribution < 1.29 is 14.4 Å². The molecule has 0 heterocycles. The first-order valence-electron chi connectivity index (χ1n) is 9.41. The van der Waals surface area contributed by atoms with Crippen molar-refractivity contribution in [2.75, 3.05) is 12.4 Å². The number of benzene rings is 3. The van der Waals surface area contributed by atoms with Crippen molar-refractivity contribution in [1.82, 2.24) is 0 Å². The van der Waals surface area contributed by atoms with Crippen LogP contribution in [0, 0.1) is 24.0 Å². The van der Waals surface area contributed by atoms with Crippen molar-refractivity contribution in [2.45, 2.75) is 27.0 Å². The highest BCUT2D eigenvalue weighted by Crippen LogP contribution is 2.37. The Kier molecular flexibility index (Phi) is 6.79. The molecular formula is C23H23ClN2O4. The summed E-state index contributed by atoms with van der Waals surface area (Å²) in [4.78, 5) is 10.3. The largest absolute Gasteiger partial charge is 0.493 e. The van der Waals surface area contributed by atoms with Gasteiger partial charge in [0, 0.05) is 24.4 Å². The molecule has 0 saturated carbocycles. The van der Waals surface area contributed by atoms with Crippen LogP contribution in [0.15, 0.2) is 54.6 Å². The molecule has 7 heteroatoms. The maximum atomic E-state index is 10.8. The lowest BCUT2D eigenvalue weighted by molar-refractivity contribution is -0.384. The van der Waals surface area contributed by atoms with E-state index in [1.165, 1.54) is 23.3 Å². The molecular weight excluding hydrogens is 404 g/mol. The highest BCUT2D eigenvalue weighted by atomic mass is 35.5. The van der Waals surface area contributed by atoms with E-state index in [4.69, 9.17) is 21.1 Å². The number of ether oxygens (including phenoxy) is 2. The van der Waals surface area contributed by atoms with E-state index in [0.717, 1.165) is 16.8 Å². The topological polar surface area (TPSA) is 73.6 Å². The quantitative estimate of drug-likeness (QED) is 0.350. The summed E-state index contributed by atoms with van der Waals surface area (Å²) in [5.41, 5.74) is 5.22. The Bertz CT molecular complexity index is 1050. The van der Waals surface area contributed by atoms with Crippen LogP contribution in [-0.2, 0) is 13.2 Å². The average molecular weight is 427 g/mol. The lowest BCUT2D eigenvalue weighted by Gasteiger charge is -2.16. The van der Waals surface area contributed by atoms with E-state index in [2.05, 4.69) is 37.4 Å². The first kappa shape index (κ1) is 21.5. The molecule has 3 aromatic rings. The molecule has 0 aliphatic heterocycles. The molecule has 0 amide bonds. The van der Waals surface area contributed by atoms with Gasteiger partial charge in [-0.3, -0.25) is 10.1 Å². The molecule has 0 aliphatic carbocycles. The van der Waals surface area contributed by atoms with Gasteiger partial charge in [-0.15, -0.1) is 0 Å². The van der Waals surface area contributed by atoms with E-state index < -0.39 is 4.92 Å². The summed E-state index contributed by atoms with van der Waals surface area (Å²) in [6.07, 6.45) is 0. The Morgan fingerprint density at radius 3 is 2.43 bits per heavy atom. The number of hydrogen-bond donors (Lipinski definition) is 1. The molecule has 156 valence electrons. The van der Waals surface area contributed by atoms with Crippen molar-refractivity contribution >= 4 is 23.0 Å². The van der Waals surface area contributed by atoms with Crippen molar-refractivity contribution in [2.24, 2.45) is 0 Å². The molecule has 30 heavy (non-hydrogen) atoms. The normalized spacial score (nSPS) is 10.5. The van der Waals surface area contributed by atoms with E-state index in [1.807, 2.05) is 12.1 Å². The minimum absolute atomic E-state index is 0.0371. The summed E-state index contributed by atoms with van der Waals surface area (Å²) in [5.74, 6) is 0.968. The van der Waals surface area contributed by atoms with Crippen LogP contribution < -0.4 is 14.8 Å². The molecule has 0 bridgehead atoms. The van der Waals surface area contributed by atoms with Crippen molar-refractivity contribution in [1.29, 1.82) is 0 Å². The van der Waals surface area contributed by atoms with Gasteiger partial charge in [-0.05, 0) is 66.4 Å². The monoisotopic (exact) mass is 426 g/mol. The van der Waals surface area contributed by atoms with Gasteiger partial charge in [0.1, 0.15) is 6.61 Å². The molecule has 0 fully saturated rings. The van der Waals surface area contributed by atoms with E-state index in [0.29, 0.717) is 23.1 Å². The zero-order valence-electron chi connectivity index (χ0n) is 17.1. The van der Waals surface area contributed by atoms with Gasteiger partial charge in [-0.2, -0.15) is 0 Å². The number of halogens is 1. The summed E-state index contributed by atoms with van der Waals surface area (Å²) in [7, 11) is 1.56. The third-order valence-corrected chi connectivity index (χ3v) is 4.98. The van der Waals surface area contributed by atoms with Crippen molar-refractivity contribution in [3.63, 3.8) is 0 Å². The Morgan fingerprint density at radius 1 is 1.03 bits per heavy atom. The molecule has 3 rings (SSSR count). The number of aryl methyl sites for hydroxylation is 2. The summed E-state index contributed by atoms with van der Waals surface area (Å²) in [5, 5.41) is 14.6. The van der Waals surface area contributed by atoms with Gasteiger partial charge in [0.25, 0.3) is 5.69 Å². The zero-order chi connectivity index (χ0) is 21.7. The number of nitrogens with zero attached hydrogens (tertiary/aromatic N) is 1. The van der Waals surface area contributed by atoms with E-state index >= 15 is 0 Å². The predicted octanol–water partition coefficient (Wildman–Crippen LogP) is 6.06. The van der Waals surface area contributed by atoms with Crippen LogP contribution in [0.5, 0.6) is 11.5 Å². The third kappa shape index (κ3) is 5.21. The van der Waals surface area contributed by atoms with Crippen molar-refractivity contribution in [3.05, 3.63) is 92.0 Å². The Hall–Kier alpha value is -3.25. The number of non-ortho nitro benzene ring substituents is 1. The summed E-state index contributed by atoms with van der Waals surface area (Å²) >= 11 is 6.46. The van der Waals surface area contributed by atoms with Crippen LogP contribution in [-0.4, -0.2) is 12.0 Å². The number of nitro groups is 1. The average Bonchev–Trinajstić information content (AvgIpc) is 2.73. The molecule has 0 aliphatic rings. The standard InChI is InChI=1S/C23H23ClN2O4/c1-15-4-5-16(2)21(10-15)25-13-18-11-20(24)23(22(12-18)29-3)30-14-17-6-8-19(9-7-17)26(27)28/h4-12,25H,13-14H2,1-3H3. The van der Waals surface area contributed by atoms with Gasteiger partial charge in [0.05, 0.1) is 17.1 Å². The first-order chi connectivity index (χ1) is 14.4. The number of methoxy groups -OCH3 is 1. The second-order valence-electron chi connectivity index (χ2n) is 6.99. The predicted molar refractivity (Wildman–Crippen MR) is 119 cm³/mol. The van der Waals surface area contributed by atoms with Crippen LogP contribution in [0.4, 0.5) is 11.4 Å². The van der Waals surface area contributed by atoms with Crippen molar-refractivity contribution in [3.8, 4) is 11.5 Å². The van der Waals surface area contributed by atoms with Gasteiger partial charge in [-0.25, -0.2) is 0 Å². The van der Waals surface area contributed by atoms with Gasteiger partial charge < -0.3 is 14.8 Å². The number of hydrogen-bond acceptors (Lipinski definition) is 5. The minimum atomic E-state index is -0.435. The number of rotatable bonds is 8. The molecule has 0 radical (unpaired) electrons. The van der Waals surface area contributed by atoms with E-state index in [9.17, 15) is 10.1 Å². The lowest BCUT2D eigenvalue weighted by Crippen LogP contribution is -2.04. The highest BCUT2D eigenvalue weighted by molar-refractivity contribution is 6.32. The fraction of sp³-hybridized carbons (Fsp3) is 0.217. The minimum Gasteiger partial charge on any atom is -0.493 e. The molecule has 1 N–H and O–H groups in total. The van der Waals surface area contributed by atoms with Gasteiger partial charge in [0.15, 0.2) is 11.5 Å². The maximum absolute atomic E-state index is 10.8. The molecule has 0 unspecified atom stereocenters. The van der Waals surface area contributed by atoms with Crippen LogP contribution in [0.25, 0.3) is 0 Å². The maximum Gasteiger partial charge on any atom is 0.269 e. The van der Waals surface area contributed by atoms with E-state index in [-0.39, 0.29) is 12.3 Å². The summed E-state index contributed by atoms with van der Waals surface area (Å²) in [6, 6.07) is 16.2. The number of anilines is 1. The number of nitrogens with one attached hydrogen (secondary N) is 1. The molecule has 3 aromatic carbocycles. The summed E-state index contributed by atoms with van der Waals surface area (Å²) < 4.78 is 11.3. The van der Waals surface area contributed by atoms with Crippen LogP contribution in [0.1, 0.15) is 22.3 Å². The van der Waals surface area contributed by atoms with Crippen LogP contribution in [0.2, 0.25) is 5.02 Å². The van der Waals surface area contributed by atoms with Gasteiger partial charge >= 0.3 is 0 Å². The molecule has 0 spiro atoms. The molecule has 0 aromatic heterocycles. The zero-order valence-corrected chi connectivity index (χ0v) is 17.8. The molecule has 0 atom stereocenters. The van der Waals surface area contributed by atoms with Crippen LogP contribution >= 0.6 is 11.6 Å². The van der Waals surface area contributed by atoms with Gasteiger partial charge in [0.2, 0.25) is 0 Å². The molecule has 6 nitrogen and oxygen atoms in total. The third-order valence-electron chi connectivity index (χ3n) is 4.70. The summed E-state index contributed by atoms with van der Waals surface area (Å²) in [6.45, 7) is 4.92. The fourth-order valence-electron chi connectivity index (χ4n) is 3.01. The fourth-order valence-corrected chi connectivity index (χ4v) is 3.30. The Labute approximate surface area is 180 Å². The van der Waals surface area contributed by atoms with E-state index in [1.54, 1.807) is 19.2 Å². The van der Waals surface area contributed by atoms with Gasteiger partial charge in [-0.1, -0.05) is 23.7 Å². The molecule has 0 saturated heterocycles.